The first kappa shape index (κ1) is 18.0. The second-order valence-electron chi connectivity index (χ2n) is 6.98. The fourth-order valence-electron chi connectivity index (χ4n) is 4.14. The molecule has 4 heteroatoms. The van der Waals surface area contributed by atoms with Gasteiger partial charge >= 0.3 is 5.97 Å². The summed E-state index contributed by atoms with van der Waals surface area (Å²) in [5, 5.41) is 1.73. The first-order valence-corrected chi connectivity index (χ1v) is 9.92. The van der Waals surface area contributed by atoms with E-state index in [9.17, 15) is 4.79 Å². The summed E-state index contributed by atoms with van der Waals surface area (Å²) in [7, 11) is 0. The molecule has 138 valence electrons. The van der Waals surface area contributed by atoms with Crippen LogP contribution in [0, 0.1) is 0 Å². The lowest BCUT2D eigenvalue weighted by Crippen LogP contribution is -2.12. The van der Waals surface area contributed by atoms with E-state index >= 15 is 0 Å². The molecule has 1 aliphatic rings. The molecule has 1 fully saturated rings. The fourth-order valence-corrected chi connectivity index (χ4v) is 4.31. The molecule has 0 N–H and O–H groups in total. The zero-order valence-corrected chi connectivity index (χ0v) is 16.1. The molecule has 0 aliphatic heterocycles. The van der Waals surface area contributed by atoms with Crippen molar-refractivity contribution in [2.24, 2.45) is 0 Å². The molecule has 1 saturated carbocycles. The third-order valence-electron chi connectivity index (χ3n) is 5.28. The number of aromatic nitrogens is 1. The Morgan fingerprint density at radius 1 is 1.15 bits per heavy atom. The number of benzene rings is 2. The van der Waals surface area contributed by atoms with Crippen LogP contribution in [-0.4, -0.2) is 17.6 Å². The maximum atomic E-state index is 12.8. The smallest absolute Gasteiger partial charge is 0.357 e. The molecule has 3 nitrogen and oxygen atoms in total. The van der Waals surface area contributed by atoms with Crippen LogP contribution in [0.5, 0.6) is 0 Å². The standard InChI is InChI=1S/C23H22ClNO2/c1-2-27-23(26)22-21(16-8-4-3-5-9-16)20(15-10-6-7-11-15)18-14-17(24)12-13-19(18)25-22/h3-5,8-9,12-15H,2,6-7,10-11H2,1H3. The molecule has 0 atom stereocenters. The van der Waals surface area contributed by atoms with Gasteiger partial charge in [0.05, 0.1) is 12.1 Å². The first-order chi connectivity index (χ1) is 13.2. The van der Waals surface area contributed by atoms with E-state index in [1.807, 2.05) is 55.5 Å². The minimum absolute atomic E-state index is 0.326. The zero-order chi connectivity index (χ0) is 18.8. The molecule has 1 heterocycles. The highest BCUT2D eigenvalue weighted by atomic mass is 35.5. The van der Waals surface area contributed by atoms with Gasteiger partial charge in [0.15, 0.2) is 5.69 Å². The fraction of sp³-hybridized carbons (Fsp3) is 0.304. The van der Waals surface area contributed by atoms with Crippen LogP contribution in [0.3, 0.4) is 0 Å². The Balaban J connectivity index is 2.08. The summed E-state index contributed by atoms with van der Waals surface area (Å²) < 4.78 is 5.35. The molecule has 4 rings (SSSR count). The molecule has 0 saturated heterocycles. The van der Waals surface area contributed by atoms with Gasteiger partial charge < -0.3 is 4.74 Å². The maximum Gasteiger partial charge on any atom is 0.357 e. The third-order valence-corrected chi connectivity index (χ3v) is 5.52. The minimum atomic E-state index is -0.368. The summed E-state index contributed by atoms with van der Waals surface area (Å²) in [5.41, 5.74) is 4.28. The highest BCUT2D eigenvalue weighted by molar-refractivity contribution is 6.31. The summed E-state index contributed by atoms with van der Waals surface area (Å²) in [6, 6.07) is 15.7. The van der Waals surface area contributed by atoms with Gasteiger partial charge in [0.1, 0.15) is 0 Å². The van der Waals surface area contributed by atoms with Crippen LogP contribution in [0.25, 0.3) is 22.0 Å². The Hall–Kier alpha value is -2.39. The normalized spacial score (nSPS) is 14.6. The van der Waals surface area contributed by atoms with Crippen molar-refractivity contribution < 1.29 is 9.53 Å². The lowest BCUT2D eigenvalue weighted by molar-refractivity contribution is 0.0521. The Labute approximate surface area is 164 Å². The van der Waals surface area contributed by atoms with Crippen molar-refractivity contribution in [2.45, 2.75) is 38.5 Å². The Morgan fingerprint density at radius 3 is 2.59 bits per heavy atom. The highest BCUT2D eigenvalue weighted by Crippen LogP contribution is 2.44. The summed E-state index contributed by atoms with van der Waals surface area (Å²) in [4.78, 5) is 17.5. The Morgan fingerprint density at radius 2 is 1.89 bits per heavy atom. The van der Waals surface area contributed by atoms with E-state index in [0.29, 0.717) is 23.2 Å². The van der Waals surface area contributed by atoms with Crippen molar-refractivity contribution in [3.8, 4) is 11.1 Å². The van der Waals surface area contributed by atoms with Gasteiger partial charge in [0, 0.05) is 16.0 Å². The van der Waals surface area contributed by atoms with Crippen molar-refractivity contribution in [3.05, 3.63) is 64.8 Å². The van der Waals surface area contributed by atoms with Crippen LogP contribution >= 0.6 is 11.6 Å². The number of hydrogen-bond acceptors (Lipinski definition) is 3. The molecule has 1 aromatic heterocycles. The van der Waals surface area contributed by atoms with Crippen molar-refractivity contribution in [2.75, 3.05) is 6.61 Å². The average Bonchev–Trinajstić information content (AvgIpc) is 3.21. The summed E-state index contributed by atoms with van der Waals surface area (Å²) >= 11 is 6.33. The van der Waals surface area contributed by atoms with Gasteiger partial charge in [0.25, 0.3) is 0 Å². The van der Waals surface area contributed by atoms with Crippen LogP contribution in [0.4, 0.5) is 0 Å². The summed E-state index contributed by atoms with van der Waals surface area (Å²) in [5.74, 6) is 0.0322. The summed E-state index contributed by atoms with van der Waals surface area (Å²) in [6.07, 6.45) is 4.65. The van der Waals surface area contributed by atoms with Crippen LogP contribution in [0.15, 0.2) is 48.5 Å². The number of fused-ring (bicyclic) bond motifs is 1. The number of esters is 1. The first-order valence-electron chi connectivity index (χ1n) is 9.54. The third kappa shape index (κ3) is 3.44. The number of rotatable bonds is 4. The van der Waals surface area contributed by atoms with Gasteiger partial charge in [0.2, 0.25) is 0 Å². The SMILES string of the molecule is CCOC(=O)c1nc2ccc(Cl)cc2c(C2CCCC2)c1-c1ccccc1. The van der Waals surface area contributed by atoms with E-state index in [2.05, 4.69) is 0 Å². The molecule has 0 bridgehead atoms. The van der Waals surface area contributed by atoms with Gasteiger partial charge in [-0.3, -0.25) is 0 Å². The van der Waals surface area contributed by atoms with Crippen LogP contribution in [-0.2, 0) is 4.74 Å². The zero-order valence-electron chi connectivity index (χ0n) is 15.4. The molecule has 1 aliphatic carbocycles. The van der Waals surface area contributed by atoms with E-state index in [1.165, 1.54) is 18.4 Å². The molecule has 27 heavy (non-hydrogen) atoms. The molecular formula is C23H22ClNO2. The predicted octanol–water partition coefficient (Wildman–Crippen LogP) is 6.39. The molecule has 0 spiro atoms. The van der Waals surface area contributed by atoms with E-state index < -0.39 is 0 Å². The lowest BCUT2D eigenvalue weighted by Gasteiger charge is -2.21. The second kappa shape index (κ2) is 7.69. The van der Waals surface area contributed by atoms with Gasteiger partial charge in [-0.25, -0.2) is 9.78 Å². The molecule has 0 unspecified atom stereocenters. The van der Waals surface area contributed by atoms with E-state index in [0.717, 1.165) is 34.9 Å². The van der Waals surface area contributed by atoms with Crippen LogP contribution < -0.4 is 0 Å². The number of pyridine rings is 1. The molecular weight excluding hydrogens is 358 g/mol. The molecule has 3 aromatic rings. The largest absolute Gasteiger partial charge is 0.461 e. The van der Waals surface area contributed by atoms with Crippen molar-refractivity contribution in [1.29, 1.82) is 0 Å². The topological polar surface area (TPSA) is 39.2 Å². The number of halogens is 1. The number of nitrogens with zero attached hydrogens (tertiary/aromatic N) is 1. The van der Waals surface area contributed by atoms with Crippen molar-refractivity contribution >= 4 is 28.5 Å². The van der Waals surface area contributed by atoms with E-state index in [-0.39, 0.29) is 5.97 Å². The molecule has 0 radical (unpaired) electrons. The monoisotopic (exact) mass is 379 g/mol. The van der Waals surface area contributed by atoms with Gasteiger partial charge in [-0.1, -0.05) is 54.8 Å². The molecule has 2 aromatic carbocycles. The second-order valence-corrected chi connectivity index (χ2v) is 7.41. The maximum absolute atomic E-state index is 12.8. The lowest BCUT2D eigenvalue weighted by atomic mass is 9.85. The molecule has 0 amide bonds. The van der Waals surface area contributed by atoms with Crippen molar-refractivity contribution in [1.82, 2.24) is 4.98 Å². The number of carbonyl (C=O) groups excluding carboxylic acids is 1. The van der Waals surface area contributed by atoms with Gasteiger partial charge in [-0.15, -0.1) is 0 Å². The number of ether oxygens (including phenoxy) is 1. The van der Waals surface area contributed by atoms with Gasteiger partial charge in [-0.05, 0) is 55.0 Å². The van der Waals surface area contributed by atoms with Crippen LogP contribution in [0.2, 0.25) is 5.02 Å². The van der Waals surface area contributed by atoms with E-state index in [4.69, 9.17) is 21.3 Å². The van der Waals surface area contributed by atoms with E-state index in [1.54, 1.807) is 0 Å². The number of hydrogen-bond donors (Lipinski definition) is 0. The average molecular weight is 380 g/mol. The quantitative estimate of drug-likeness (QED) is 0.493. The van der Waals surface area contributed by atoms with Crippen molar-refractivity contribution in [3.63, 3.8) is 0 Å². The Kier molecular flexibility index (Phi) is 5.13. The predicted molar refractivity (Wildman–Crippen MR) is 109 cm³/mol. The summed E-state index contributed by atoms with van der Waals surface area (Å²) in [6.45, 7) is 2.14. The number of carbonyl (C=O) groups is 1. The highest BCUT2D eigenvalue weighted by Gasteiger charge is 2.28. The van der Waals surface area contributed by atoms with Gasteiger partial charge in [-0.2, -0.15) is 0 Å². The van der Waals surface area contributed by atoms with Crippen LogP contribution in [0.1, 0.15) is 54.6 Å². The Bertz CT molecular complexity index is 979. The minimum Gasteiger partial charge on any atom is -0.461 e.